The van der Waals surface area contributed by atoms with Crippen LogP contribution in [0.4, 0.5) is 4.79 Å². The van der Waals surface area contributed by atoms with Gasteiger partial charge in [-0.1, -0.05) is 44.2 Å². The summed E-state index contributed by atoms with van der Waals surface area (Å²) in [5.41, 5.74) is 0.998. The SMILES string of the molecule is CO[C@@H](C[C@H](C)CO)[C@H](O)[C@@H](C)C(=O)N1C(=O)OC[C@H]1Cc1ccccc1. The third kappa shape index (κ3) is 5.28. The van der Waals surface area contributed by atoms with Gasteiger partial charge in [-0.25, -0.2) is 9.69 Å². The summed E-state index contributed by atoms with van der Waals surface area (Å²) in [7, 11) is 1.46. The average Bonchev–Trinajstić information content (AvgIpc) is 3.04. The van der Waals surface area contributed by atoms with Gasteiger partial charge in [0.1, 0.15) is 6.61 Å². The van der Waals surface area contributed by atoms with Gasteiger partial charge in [0.05, 0.1) is 24.2 Å². The van der Waals surface area contributed by atoms with E-state index >= 15 is 0 Å². The number of cyclic esters (lactones) is 1. The summed E-state index contributed by atoms with van der Waals surface area (Å²) in [6.07, 6.45) is -1.49. The fourth-order valence-electron chi connectivity index (χ4n) is 3.30. The zero-order valence-electron chi connectivity index (χ0n) is 16.1. The summed E-state index contributed by atoms with van der Waals surface area (Å²) < 4.78 is 10.4. The molecule has 27 heavy (non-hydrogen) atoms. The first kappa shape index (κ1) is 21.3. The lowest BCUT2D eigenvalue weighted by Crippen LogP contribution is -2.48. The second-order valence-electron chi connectivity index (χ2n) is 7.21. The molecular formula is C20H29NO6. The van der Waals surface area contributed by atoms with Gasteiger partial charge in [0.2, 0.25) is 5.91 Å². The Morgan fingerprint density at radius 1 is 1.33 bits per heavy atom. The summed E-state index contributed by atoms with van der Waals surface area (Å²) in [6.45, 7) is 3.51. The van der Waals surface area contributed by atoms with E-state index in [1.165, 1.54) is 7.11 Å². The molecule has 2 amide bonds. The number of nitrogens with zero attached hydrogens (tertiary/aromatic N) is 1. The normalized spacial score (nSPS) is 21.4. The molecule has 2 rings (SSSR count). The van der Waals surface area contributed by atoms with Crippen LogP contribution in [0, 0.1) is 11.8 Å². The molecule has 0 radical (unpaired) electrons. The summed E-state index contributed by atoms with van der Waals surface area (Å²) in [5.74, 6) is -1.40. The first-order valence-corrected chi connectivity index (χ1v) is 9.24. The van der Waals surface area contributed by atoms with Gasteiger partial charge in [-0.15, -0.1) is 0 Å². The number of hydrogen-bond acceptors (Lipinski definition) is 6. The van der Waals surface area contributed by atoms with E-state index in [1.807, 2.05) is 37.3 Å². The van der Waals surface area contributed by atoms with Gasteiger partial charge < -0.3 is 19.7 Å². The van der Waals surface area contributed by atoms with Crippen LogP contribution in [0.1, 0.15) is 25.8 Å². The molecule has 1 aromatic carbocycles. The Bertz CT molecular complexity index is 622. The van der Waals surface area contributed by atoms with Gasteiger partial charge in [0.15, 0.2) is 0 Å². The summed E-state index contributed by atoms with van der Waals surface area (Å²) in [4.78, 5) is 26.2. The minimum Gasteiger partial charge on any atom is -0.447 e. The molecule has 1 aromatic rings. The molecule has 0 aromatic heterocycles. The first-order chi connectivity index (χ1) is 12.9. The van der Waals surface area contributed by atoms with Crippen LogP contribution in [-0.4, -0.2) is 65.7 Å². The van der Waals surface area contributed by atoms with Crippen LogP contribution in [0.5, 0.6) is 0 Å². The van der Waals surface area contributed by atoms with Crippen molar-refractivity contribution < 1.29 is 29.3 Å². The zero-order valence-corrected chi connectivity index (χ0v) is 16.1. The lowest BCUT2D eigenvalue weighted by atomic mass is 9.92. The molecule has 1 aliphatic rings. The minimum absolute atomic E-state index is 0.0352. The molecule has 0 saturated carbocycles. The van der Waals surface area contributed by atoms with E-state index in [-0.39, 0.29) is 19.1 Å². The highest BCUT2D eigenvalue weighted by atomic mass is 16.6. The summed E-state index contributed by atoms with van der Waals surface area (Å²) in [6, 6.07) is 9.16. The largest absolute Gasteiger partial charge is 0.447 e. The molecule has 0 unspecified atom stereocenters. The smallest absolute Gasteiger partial charge is 0.416 e. The number of rotatable bonds is 9. The van der Waals surface area contributed by atoms with Crippen molar-refractivity contribution in [3.63, 3.8) is 0 Å². The monoisotopic (exact) mass is 379 g/mol. The Balaban J connectivity index is 2.09. The number of hydrogen-bond donors (Lipinski definition) is 2. The van der Waals surface area contributed by atoms with Crippen LogP contribution in [0.2, 0.25) is 0 Å². The van der Waals surface area contributed by atoms with Crippen LogP contribution in [0.3, 0.4) is 0 Å². The molecule has 7 heteroatoms. The highest BCUT2D eigenvalue weighted by Crippen LogP contribution is 2.24. The molecule has 0 bridgehead atoms. The highest BCUT2D eigenvalue weighted by molar-refractivity contribution is 5.95. The Labute approximate surface area is 159 Å². The Kier molecular flexibility index (Phi) is 7.77. The van der Waals surface area contributed by atoms with E-state index in [2.05, 4.69) is 0 Å². The summed E-state index contributed by atoms with van der Waals surface area (Å²) >= 11 is 0. The van der Waals surface area contributed by atoms with Crippen LogP contribution < -0.4 is 0 Å². The van der Waals surface area contributed by atoms with E-state index in [9.17, 15) is 19.8 Å². The van der Waals surface area contributed by atoms with Crippen molar-refractivity contribution in [1.29, 1.82) is 0 Å². The Morgan fingerprint density at radius 3 is 2.59 bits per heavy atom. The van der Waals surface area contributed by atoms with Crippen molar-refractivity contribution in [2.45, 2.75) is 44.9 Å². The number of carbonyl (C=O) groups excluding carboxylic acids is 2. The van der Waals surface area contributed by atoms with Gasteiger partial charge >= 0.3 is 6.09 Å². The maximum absolute atomic E-state index is 12.9. The van der Waals surface area contributed by atoms with Crippen molar-refractivity contribution in [2.75, 3.05) is 20.3 Å². The molecule has 1 aliphatic heterocycles. The first-order valence-electron chi connectivity index (χ1n) is 9.24. The standard InChI is InChI=1S/C20H29NO6/c1-13(11-22)9-17(26-3)18(23)14(2)19(24)21-16(12-27-20(21)25)10-15-7-5-4-6-8-15/h4-8,13-14,16-18,22-23H,9-12H2,1-3H3/t13-,14+,16+,17-,18+/m0/s1. The molecule has 1 saturated heterocycles. The fraction of sp³-hybridized carbons (Fsp3) is 0.600. The Morgan fingerprint density at radius 2 is 2.00 bits per heavy atom. The molecule has 1 fully saturated rings. The third-order valence-electron chi connectivity index (χ3n) is 5.04. The number of benzene rings is 1. The molecule has 0 aliphatic carbocycles. The number of methoxy groups -OCH3 is 1. The second-order valence-corrected chi connectivity index (χ2v) is 7.21. The van der Waals surface area contributed by atoms with Gasteiger partial charge in [-0.05, 0) is 24.3 Å². The highest BCUT2D eigenvalue weighted by Gasteiger charge is 2.42. The van der Waals surface area contributed by atoms with E-state index in [0.29, 0.717) is 12.8 Å². The number of imide groups is 1. The molecule has 150 valence electrons. The van der Waals surface area contributed by atoms with Crippen molar-refractivity contribution >= 4 is 12.0 Å². The quantitative estimate of drug-likeness (QED) is 0.677. The molecule has 0 spiro atoms. The van der Waals surface area contributed by atoms with Crippen molar-refractivity contribution in [2.24, 2.45) is 11.8 Å². The van der Waals surface area contributed by atoms with E-state index in [1.54, 1.807) is 6.92 Å². The van der Waals surface area contributed by atoms with Gasteiger partial charge in [-0.2, -0.15) is 0 Å². The van der Waals surface area contributed by atoms with Crippen molar-refractivity contribution in [3.05, 3.63) is 35.9 Å². The van der Waals surface area contributed by atoms with Gasteiger partial charge in [0.25, 0.3) is 0 Å². The number of carbonyl (C=O) groups is 2. The van der Waals surface area contributed by atoms with E-state index in [4.69, 9.17) is 9.47 Å². The molecule has 7 nitrogen and oxygen atoms in total. The molecule has 2 N–H and O–H groups in total. The number of aliphatic hydroxyl groups excluding tert-OH is 2. The van der Waals surface area contributed by atoms with Gasteiger partial charge in [0, 0.05) is 13.7 Å². The van der Waals surface area contributed by atoms with E-state index < -0.39 is 36.2 Å². The molecule has 5 atom stereocenters. The van der Waals surface area contributed by atoms with Crippen LogP contribution in [0.15, 0.2) is 30.3 Å². The lowest BCUT2D eigenvalue weighted by molar-refractivity contribution is -0.141. The molecular weight excluding hydrogens is 350 g/mol. The lowest BCUT2D eigenvalue weighted by Gasteiger charge is -2.30. The number of amides is 2. The predicted octanol–water partition coefficient (Wildman–Crippen LogP) is 1.61. The number of aliphatic hydroxyl groups is 2. The molecule has 1 heterocycles. The zero-order chi connectivity index (χ0) is 20.0. The second kappa shape index (κ2) is 9.82. The topological polar surface area (TPSA) is 96.3 Å². The van der Waals surface area contributed by atoms with E-state index in [0.717, 1.165) is 10.5 Å². The summed E-state index contributed by atoms with van der Waals surface area (Å²) in [5, 5.41) is 19.8. The fourth-order valence-corrected chi connectivity index (χ4v) is 3.30. The van der Waals surface area contributed by atoms with Crippen LogP contribution in [0.25, 0.3) is 0 Å². The maximum Gasteiger partial charge on any atom is 0.416 e. The minimum atomic E-state index is -1.10. The van der Waals surface area contributed by atoms with Crippen LogP contribution >= 0.6 is 0 Å². The number of ether oxygens (including phenoxy) is 2. The van der Waals surface area contributed by atoms with Gasteiger partial charge in [-0.3, -0.25) is 4.79 Å². The third-order valence-corrected chi connectivity index (χ3v) is 5.04. The predicted molar refractivity (Wildman–Crippen MR) is 99.0 cm³/mol. The average molecular weight is 379 g/mol. The van der Waals surface area contributed by atoms with Crippen molar-refractivity contribution in [3.8, 4) is 0 Å². The maximum atomic E-state index is 12.9. The van der Waals surface area contributed by atoms with Crippen LogP contribution in [-0.2, 0) is 20.7 Å². The van der Waals surface area contributed by atoms with Crippen molar-refractivity contribution in [1.82, 2.24) is 4.90 Å². The Hall–Kier alpha value is -1.96.